The zero-order valence-corrected chi connectivity index (χ0v) is 19.0. The standard InChI is InChI=1S/C25H33FO5/c1-6-21(30)31-25(15(3)27)14(2)11-19-18-8-7-16-12-17(28)9-10-22(16,4)24(18,26)20(29)13-23(19,25)5/h9-10,12,14,18-20,29H,6-8,11,13H2,1-5H3/t14-,18-,19-,20-,22-,23-,24-,25-/m0/s1. The zero-order chi connectivity index (χ0) is 23.0. The summed E-state index contributed by atoms with van der Waals surface area (Å²) in [6.07, 6.45) is 4.95. The van der Waals surface area contributed by atoms with Gasteiger partial charge in [-0.25, -0.2) is 4.39 Å². The summed E-state index contributed by atoms with van der Waals surface area (Å²) in [5.41, 5.74) is -4.55. The van der Waals surface area contributed by atoms with Crippen molar-refractivity contribution in [3.05, 3.63) is 23.8 Å². The largest absolute Gasteiger partial charge is 0.450 e. The van der Waals surface area contributed by atoms with Crippen molar-refractivity contribution in [1.82, 2.24) is 0 Å². The number of ketones is 2. The second-order valence-corrected chi connectivity index (χ2v) is 10.5. The molecule has 0 saturated heterocycles. The Morgan fingerprint density at radius 2 is 1.97 bits per heavy atom. The highest BCUT2D eigenvalue weighted by Crippen LogP contribution is 2.71. The van der Waals surface area contributed by atoms with Crippen molar-refractivity contribution in [3.8, 4) is 0 Å². The molecule has 1 N–H and O–H groups in total. The minimum absolute atomic E-state index is 0.0240. The molecule has 5 nitrogen and oxygen atoms in total. The number of aliphatic hydroxyl groups is 1. The van der Waals surface area contributed by atoms with E-state index in [-0.39, 0.29) is 36.2 Å². The molecule has 8 atom stereocenters. The Labute approximate surface area is 183 Å². The van der Waals surface area contributed by atoms with Crippen LogP contribution in [0.2, 0.25) is 0 Å². The molecule has 0 amide bonds. The summed E-state index contributed by atoms with van der Waals surface area (Å²) < 4.78 is 23.0. The molecule has 0 unspecified atom stereocenters. The Hall–Kier alpha value is -1.82. The minimum atomic E-state index is -1.96. The monoisotopic (exact) mass is 432 g/mol. The maximum absolute atomic E-state index is 17.1. The average Bonchev–Trinajstić information content (AvgIpc) is 2.91. The van der Waals surface area contributed by atoms with Crippen molar-refractivity contribution in [2.24, 2.45) is 28.6 Å². The van der Waals surface area contributed by atoms with Crippen LogP contribution in [0.4, 0.5) is 4.39 Å². The van der Waals surface area contributed by atoms with Gasteiger partial charge in [0.1, 0.15) is 0 Å². The van der Waals surface area contributed by atoms with E-state index in [9.17, 15) is 19.5 Å². The molecule has 0 aromatic rings. The number of hydrogen-bond acceptors (Lipinski definition) is 5. The molecule has 4 aliphatic carbocycles. The van der Waals surface area contributed by atoms with Crippen molar-refractivity contribution < 1.29 is 28.6 Å². The van der Waals surface area contributed by atoms with Crippen molar-refractivity contribution in [3.63, 3.8) is 0 Å². The molecule has 31 heavy (non-hydrogen) atoms. The normalized spacial score (nSPS) is 48.4. The number of fused-ring (bicyclic) bond motifs is 5. The van der Waals surface area contributed by atoms with Gasteiger partial charge in [-0.05, 0) is 57.6 Å². The Balaban J connectivity index is 1.84. The van der Waals surface area contributed by atoms with Crippen LogP contribution < -0.4 is 0 Å². The lowest BCUT2D eigenvalue weighted by atomic mass is 9.44. The van der Waals surface area contributed by atoms with E-state index in [4.69, 9.17) is 4.74 Å². The van der Waals surface area contributed by atoms with Gasteiger partial charge in [0.15, 0.2) is 22.8 Å². The summed E-state index contributed by atoms with van der Waals surface area (Å²) in [5.74, 6) is -1.86. The molecule has 0 aromatic heterocycles. The van der Waals surface area contributed by atoms with Crippen LogP contribution in [0, 0.1) is 28.6 Å². The van der Waals surface area contributed by atoms with Crippen molar-refractivity contribution in [2.75, 3.05) is 0 Å². The number of allylic oxidation sites excluding steroid dienone is 4. The molecular formula is C25H33FO5. The van der Waals surface area contributed by atoms with E-state index in [0.29, 0.717) is 19.3 Å². The highest BCUT2D eigenvalue weighted by Gasteiger charge is 2.76. The van der Waals surface area contributed by atoms with Gasteiger partial charge in [-0.1, -0.05) is 32.4 Å². The van der Waals surface area contributed by atoms with Gasteiger partial charge in [-0.2, -0.15) is 0 Å². The third kappa shape index (κ3) is 2.54. The summed E-state index contributed by atoms with van der Waals surface area (Å²) in [5, 5.41) is 11.4. The van der Waals surface area contributed by atoms with Crippen LogP contribution in [0.3, 0.4) is 0 Å². The predicted octanol–water partition coefficient (Wildman–Crippen LogP) is 3.88. The molecule has 3 saturated carbocycles. The summed E-state index contributed by atoms with van der Waals surface area (Å²) in [6.45, 7) is 8.69. The topological polar surface area (TPSA) is 80.7 Å². The first kappa shape index (κ1) is 22.4. The summed E-state index contributed by atoms with van der Waals surface area (Å²) in [4.78, 5) is 37.4. The lowest BCUT2D eigenvalue weighted by molar-refractivity contribution is -0.227. The number of halogens is 1. The molecule has 0 aromatic carbocycles. The number of carbonyl (C=O) groups excluding carboxylic acids is 3. The first-order valence-corrected chi connectivity index (χ1v) is 11.4. The summed E-state index contributed by atoms with van der Waals surface area (Å²) >= 11 is 0. The molecular weight excluding hydrogens is 399 g/mol. The van der Waals surface area contributed by atoms with Crippen LogP contribution in [0.15, 0.2) is 23.8 Å². The first-order chi connectivity index (χ1) is 14.4. The first-order valence-electron chi connectivity index (χ1n) is 11.4. The van der Waals surface area contributed by atoms with Gasteiger partial charge in [-0.15, -0.1) is 0 Å². The average molecular weight is 433 g/mol. The van der Waals surface area contributed by atoms with Gasteiger partial charge in [0.05, 0.1) is 6.10 Å². The fourth-order valence-electron chi connectivity index (χ4n) is 7.82. The minimum Gasteiger partial charge on any atom is -0.450 e. The van der Waals surface area contributed by atoms with Gasteiger partial charge < -0.3 is 9.84 Å². The number of hydrogen-bond donors (Lipinski definition) is 1. The lowest BCUT2D eigenvalue weighted by Crippen LogP contribution is -2.69. The Morgan fingerprint density at radius 3 is 2.58 bits per heavy atom. The van der Waals surface area contributed by atoms with Gasteiger partial charge in [-0.3, -0.25) is 14.4 Å². The van der Waals surface area contributed by atoms with Crippen LogP contribution in [-0.2, 0) is 19.1 Å². The molecule has 0 spiro atoms. The number of esters is 1. The number of alkyl halides is 1. The molecule has 3 fully saturated rings. The Bertz CT molecular complexity index is 908. The van der Waals surface area contributed by atoms with E-state index in [1.54, 1.807) is 19.9 Å². The van der Waals surface area contributed by atoms with Crippen molar-refractivity contribution in [1.29, 1.82) is 0 Å². The van der Waals surface area contributed by atoms with Crippen LogP contribution in [0.5, 0.6) is 0 Å². The molecule has 170 valence electrons. The number of carbonyl (C=O) groups is 3. The highest BCUT2D eigenvalue weighted by molar-refractivity contribution is 6.01. The van der Waals surface area contributed by atoms with Gasteiger partial charge in [0.2, 0.25) is 0 Å². The molecule has 0 heterocycles. The van der Waals surface area contributed by atoms with E-state index in [2.05, 4.69) is 0 Å². The SMILES string of the molecule is CCC(=O)O[C@]1(C(C)=O)[C@@H](C)C[C@H]2[C@@H]3CCC4=CC(=O)C=C[C@]4(C)[C@@]3(F)[C@@H](O)C[C@@]21C. The third-order valence-corrected chi connectivity index (χ3v) is 9.27. The quantitative estimate of drug-likeness (QED) is 0.685. The van der Waals surface area contributed by atoms with Gasteiger partial charge in [0.25, 0.3) is 0 Å². The zero-order valence-electron chi connectivity index (χ0n) is 19.0. The fraction of sp³-hybridized carbons (Fsp3) is 0.720. The number of rotatable bonds is 3. The fourth-order valence-corrected chi connectivity index (χ4v) is 7.82. The second-order valence-electron chi connectivity index (χ2n) is 10.5. The molecule has 0 bridgehead atoms. The molecule has 6 heteroatoms. The van der Waals surface area contributed by atoms with E-state index >= 15 is 4.39 Å². The van der Waals surface area contributed by atoms with Gasteiger partial charge >= 0.3 is 5.97 Å². The van der Waals surface area contributed by atoms with Gasteiger partial charge in [0, 0.05) is 29.1 Å². The van der Waals surface area contributed by atoms with E-state index < -0.39 is 40.1 Å². The molecule has 0 radical (unpaired) electrons. The predicted molar refractivity (Wildman–Crippen MR) is 113 cm³/mol. The summed E-state index contributed by atoms with van der Waals surface area (Å²) in [6, 6.07) is 0. The maximum atomic E-state index is 17.1. The van der Waals surface area contributed by atoms with E-state index in [0.717, 1.165) is 5.57 Å². The maximum Gasteiger partial charge on any atom is 0.306 e. The van der Waals surface area contributed by atoms with E-state index in [1.807, 2.05) is 13.8 Å². The molecule has 4 rings (SSSR count). The Morgan fingerprint density at radius 1 is 1.29 bits per heavy atom. The second kappa shape index (κ2) is 6.84. The van der Waals surface area contributed by atoms with Crippen LogP contribution >= 0.6 is 0 Å². The highest BCUT2D eigenvalue weighted by atomic mass is 19.1. The van der Waals surface area contributed by atoms with Crippen molar-refractivity contribution in [2.45, 2.75) is 84.1 Å². The van der Waals surface area contributed by atoms with Crippen molar-refractivity contribution >= 4 is 17.5 Å². The third-order valence-electron chi connectivity index (χ3n) is 9.27. The van der Waals surface area contributed by atoms with Crippen LogP contribution in [-0.4, -0.2) is 40.0 Å². The molecule has 0 aliphatic heterocycles. The van der Waals surface area contributed by atoms with E-state index in [1.165, 1.54) is 19.1 Å². The van der Waals surface area contributed by atoms with Crippen LogP contribution in [0.25, 0.3) is 0 Å². The summed E-state index contributed by atoms with van der Waals surface area (Å²) in [7, 11) is 0. The van der Waals surface area contributed by atoms with Crippen LogP contribution in [0.1, 0.15) is 66.7 Å². The lowest BCUT2D eigenvalue weighted by Gasteiger charge is -2.62. The number of ether oxygens (including phenoxy) is 1. The molecule has 4 aliphatic rings. The number of aliphatic hydroxyl groups excluding tert-OH is 1. The Kier molecular flexibility index (Phi) is 4.94. The number of Topliss-reactive ketones (excluding diaryl/α,β-unsaturated/α-hetero) is 1. The smallest absolute Gasteiger partial charge is 0.306 e.